The smallest absolute Gasteiger partial charge is 0.258 e. The SMILES string of the molecule is Cc1ccc(C(C)C)c(OCC(=O)NC2CC2)c1. The van der Waals surface area contributed by atoms with Crippen LogP contribution in [0.4, 0.5) is 0 Å². The van der Waals surface area contributed by atoms with Gasteiger partial charge in [-0.05, 0) is 42.9 Å². The molecule has 0 heterocycles. The van der Waals surface area contributed by atoms with Crippen LogP contribution in [-0.2, 0) is 4.79 Å². The van der Waals surface area contributed by atoms with E-state index in [1.807, 2.05) is 13.0 Å². The zero-order valence-corrected chi connectivity index (χ0v) is 11.3. The lowest BCUT2D eigenvalue weighted by Crippen LogP contribution is -2.30. The molecule has 3 heteroatoms. The van der Waals surface area contributed by atoms with Crippen molar-refractivity contribution in [3.63, 3.8) is 0 Å². The van der Waals surface area contributed by atoms with Crippen LogP contribution in [0.15, 0.2) is 18.2 Å². The minimum Gasteiger partial charge on any atom is -0.483 e. The van der Waals surface area contributed by atoms with Gasteiger partial charge in [0.15, 0.2) is 6.61 Å². The van der Waals surface area contributed by atoms with Crippen molar-refractivity contribution in [1.82, 2.24) is 5.32 Å². The van der Waals surface area contributed by atoms with E-state index in [1.54, 1.807) is 0 Å². The van der Waals surface area contributed by atoms with Crippen LogP contribution in [-0.4, -0.2) is 18.6 Å². The van der Waals surface area contributed by atoms with Gasteiger partial charge < -0.3 is 10.1 Å². The second-order valence-corrected chi connectivity index (χ2v) is 5.33. The van der Waals surface area contributed by atoms with Gasteiger partial charge in [-0.1, -0.05) is 26.0 Å². The van der Waals surface area contributed by atoms with Crippen molar-refractivity contribution in [3.8, 4) is 5.75 Å². The van der Waals surface area contributed by atoms with Gasteiger partial charge in [-0.25, -0.2) is 0 Å². The Bertz CT molecular complexity index is 436. The minimum atomic E-state index is -0.0197. The molecular formula is C15H21NO2. The fourth-order valence-corrected chi connectivity index (χ4v) is 1.88. The summed E-state index contributed by atoms with van der Waals surface area (Å²) in [7, 11) is 0. The summed E-state index contributed by atoms with van der Waals surface area (Å²) < 4.78 is 5.66. The Kier molecular flexibility index (Phi) is 3.90. The summed E-state index contributed by atoms with van der Waals surface area (Å²) in [5.74, 6) is 1.21. The first kappa shape index (κ1) is 12.9. The highest BCUT2D eigenvalue weighted by Gasteiger charge is 2.23. The molecule has 0 unspecified atom stereocenters. The number of nitrogens with one attached hydrogen (secondary N) is 1. The summed E-state index contributed by atoms with van der Waals surface area (Å²) in [5.41, 5.74) is 2.30. The van der Waals surface area contributed by atoms with E-state index < -0.39 is 0 Å². The largest absolute Gasteiger partial charge is 0.483 e. The fraction of sp³-hybridized carbons (Fsp3) is 0.533. The van der Waals surface area contributed by atoms with Crippen molar-refractivity contribution < 1.29 is 9.53 Å². The van der Waals surface area contributed by atoms with Gasteiger partial charge >= 0.3 is 0 Å². The molecule has 1 amide bonds. The molecule has 98 valence electrons. The van der Waals surface area contributed by atoms with Gasteiger partial charge in [0.25, 0.3) is 5.91 Å². The number of ether oxygens (including phenoxy) is 1. The van der Waals surface area contributed by atoms with E-state index in [4.69, 9.17) is 4.74 Å². The lowest BCUT2D eigenvalue weighted by molar-refractivity contribution is -0.123. The molecular weight excluding hydrogens is 226 g/mol. The summed E-state index contributed by atoms with van der Waals surface area (Å²) in [4.78, 5) is 11.6. The van der Waals surface area contributed by atoms with Gasteiger partial charge in [0.05, 0.1) is 0 Å². The van der Waals surface area contributed by atoms with Crippen LogP contribution in [0.2, 0.25) is 0 Å². The molecule has 2 rings (SSSR count). The average Bonchev–Trinajstić information content (AvgIpc) is 3.10. The van der Waals surface area contributed by atoms with E-state index >= 15 is 0 Å². The van der Waals surface area contributed by atoms with E-state index in [0.29, 0.717) is 12.0 Å². The monoisotopic (exact) mass is 247 g/mol. The van der Waals surface area contributed by atoms with Crippen LogP contribution >= 0.6 is 0 Å². The third-order valence-corrected chi connectivity index (χ3v) is 3.09. The van der Waals surface area contributed by atoms with Crippen LogP contribution in [0, 0.1) is 6.92 Å². The molecule has 1 aromatic rings. The van der Waals surface area contributed by atoms with Crippen molar-refractivity contribution in [2.75, 3.05) is 6.61 Å². The highest BCUT2D eigenvalue weighted by atomic mass is 16.5. The summed E-state index contributed by atoms with van der Waals surface area (Å²) in [5, 5.41) is 2.92. The zero-order chi connectivity index (χ0) is 13.1. The Hall–Kier alpha value is -1.51. The van der Waals surface area contributed by atoms with Crippen molar-refractivity contribution in [1.29, 1.82) is 0 Å². The van der Waals surface area contributed by atoms with Crippen LogP contribution in [0.5, 0.6) is 5.75 Å². The first-order chi connectivity index (χ1) is 8.56. The average molecular weight is 247 g/mol. The molecule has 0 aromatic heterocycles. The maximum Gasteiger partial charge on any atom is 0.258 e. The molecule has 0 spiro atoms. The summed E-state index contributed by atoms with van der Waals surface area (Å²) >= 11 is 0. The van der Waals surface area contributed by atoms with Gasteiger partial charge in [0.2, 0.25) is 0 Å². The number of carbonyl (C=O) groups is 1. The van der Waals surface area contributed by atoms with Gasteiger partial charge in [0.1, 0.15) is 5.75 Å². The first-order valence-corrected chi connectivity index (χ1v) is 6.59. The number of rotatable bonds is 5. The topological polar surface area (TPSA) is 38.3 Å². The van der Waals surface area contributed by atoms with Crippen molar-refractivity contribution in [2.45, 2.75) is 45.6 Å². The Morgan fingerprint density at radius 2 is 2.17 bits per heavy atom. The Morgan fingerprint density at radius 1 is 1.44 bits per heavy atom. The Balaban J connectivity index is 1.98. The van der Waals surface area contributed by atoms with Gasteiger partial charge in [-0.2, -0.15) is 0 Å². The number of aryl methyl sites for hydroxylation is 1. The number of amides is 1. The van der Waals surface area contributed by atoms with Crippen molar-refractivity contribution in [3.05, 3.63) is 29.3 Å². The summed E-state index contributed by atoms with van der Waals surface area (Å²) in [6.45, 7) is 6.39. The molecule has 1 aromatic carbocycles. The summed E-state index contributed by atoms with van der Waals surface area (Å²) in [6.07, 6.45) is 2.21. The standard InChI is InChI=1S/C15H21NO2/c1-10(2)13-7-4-11(3)8-14(13)18-9-15(17)16-12-5-6-12/h4,7-8,10,12H,5-6,9H2,1-3H3,(H,16,17). The second kappa shape index (κ2) is 5.42. The maximum absolute atomic E-state index is 11.6. The number of hydrogen-bond donors (Lipinski definition) is 1. The molecule has 1 aliphatic rings. The molecule has 0 radical (unpaired) electrons. The number of benzene rings is 1. The van der Waals surface area contributed by atoms with Crippen LogP contribution in [0.3, 0.4) is 0 Å². The van der Waals surface area contributed by atoms with E-state index in [2.05, 4.69) is 31.3 Å². The fourth-order valence-electron chi connectivity index (χ4n) is 1.88. The van der Waals surface area contributed by atoms with E-state index in [-0.39, 0.29) is 12.5 Å². The molecule has 0 atom stereocenters. The van der Waals surface area contributed by atoms with E-state index in [1.165, 1.54) is 0 Å². The highest BCUT2D eigenvalue weighted by Crippen LogP contribution is 2.27. The van der Waals surface area contributed by atoms with Crippen molar-refractivity contribution in [2.24, 2.45) is 0 Å². The van der Waals surface area contributed by atoms with E-state index in [9.17, 15) is 4.79 Å². The predicted molar refractivity (Wildman–Crippen MR) is 71.9 cm³/mol. The lowest BCUT2D eigenvalue weighted by atomic mass is 10.0. The molecule has 1 fully saturated rings. The van der Waals surface area contributed by atoms with Gasteiger partial charge in [0, 0.05) is 6.04 Å². The van der Waals surface area contributed by atoms with E-state index in [0.717, 1.165) is 29.7 Å². The second-order valence-electron chi connectivity index (χ2n) is 5.33. The summed E-state index contributed by atoms with van der Waals surface area (Å²) in [6, 6.07) is 6.54. The normalized spacial score (nSPS) is 14.7. The molecule has 1 saturated carbocycles. The Labute approximate surface area is 109 Å². The molecule has 18 heavy (non-hydrogen) atoms. The third kappa shape index (κ3) is 3.49. The molecule has 1 aliphatic carbocycles. The number of carbonyl (C=O) groups excluding carboxylic acids is 1. The van der Waals surface area contributed by atoms with Gasteiger partial charge in [-0.3, -0.25) is 4.79 Å². The highest BCUT2D eigenvalue weighted by molar-refractivity contribution is 5.78. The van der Waals surface area contributed by atoms with Gasteiger partial charge in [-0.15, -0.1) is 0 Å². The number of hydrogen-bond acceptors (Lipinski definition) is 2. The molecule has 0 bridgehead atoms. The van der Waals surface area contributed by atoms with Crippen molar-refractivity contribution >= 4 is 5.91 Å². The van der Waals surface area contributed by atoms with Crippen LogP contribution < -0.4 is 10.1 Å². The third-order valence-electron chi connectivity index (χ3n) is 3.09. The zero-order valence-electron chi connectivity index (χ0n) is 11.3. The molecule has 0 aliphatic heterocycles. The molecule has 0 saturated heterocycles. The quantitative estimate of drug-likeness (QED) is 0.869. The molecule has 3 nitrogen and oxygen atoms in total. The Morgan fingerprint density at radius 3 is 2.78 bits per heavy atom. The molecule has 1 N–H and O–H groups in total. The van der Waals surface area contributed by atoms with Crippen LogP contribution in [0.1, 0.15) is 43.7 Å². The lowest BCUT2D eigenvalue weighted by Gasteiger charge is -2.14. The first-order valence-electron chi connectivity index (χ1n) is 6.59. The maximum atomic E-state index is 11.6. The van der Waals surface area contributed by atoms with Crippen LogP contribution in [0.25, 0.3) is 0 Å². The minimum absolute atomic E-state index is 0.0197. The predicted octanol–water partition coefficient (Wildman–Crippen LogP) is 2.78.